The lowest BCUT2D eigenvalue weighted by molar-refractivity contribution is 0.116. The van der Waals surface area contributed by atoms with Crippen molar-refractivity contribution in [3.63, 3.8) is 0 Å². The van der Waals surface area contributed by atoms with Crippen molar-refractivity contribution in [3.8, 4) is 0 Å². The lowest BCUT2D eigenvalue weighted by Crippen LogP contribution is -2.34. The Balaban J connectivity index is 1.63. The first kappa shape index (κ1) is 12.2. The van der Waals surface area contributed by atoms with Crippen molar-refractivity contribution < 1.29 is 5.11 Å². The zero-order chi connectivity index (χ0) is 12.4. The predicted molar refractivity (Wildman–Crippen MR) is 76.9 cm³/mol. The minimum Gasteiger partial charge on any atom is -0.393 e. The van der Waals surface area contributed by atoms with Gasteiger partial charge in [0.1, 0.15) is 0 Å². The maximum atomic E-state index is 9.49. The van der Waals surface area contributed by atoms with Crippen LogP contribution in [0.3, 0.4) is 0 Å². The molecule has 1 aromatic carbocycles. The first-order valence-corrected chi connectivity index (χ1v) is 7.57. The van der Waals surface area contributed by atoms with Gasteiger partial charge in [0.2, 0.25) is 0 Å². The molecule has 2 nitrogen and oxygen atoms in total. The fourth-order valence-electron chi connectivity index (χ4n) is 2.70. The van der Waals surface area contributed by atoms with E-state index in [1.807, 2.05) is 11.3 Å². The molecule has 3 rings (SSSR count). The van der Waals surface area contributed by atoms with Gasteiger partial charge in [-0.15, -0.1) is 11.3 Å². The highest BCUT2D eigenvalue weighted by Crippen LogP contribution is 2.26. The molecule has 1 aromatic heterocycles. The first-order chi connectivity index (χ1) is 8.83. The van der Waals surface area contributed by atoms with E-state index in [-0.39, 0.29) is 6.10 Å². The summed E-state index contributed by atoms with van der Waals surface area (Å²) in [7, 11) is 0. The molecule has 1 saturated carbocycles. The summed E-state index contributed by atoms with van der Waals surface area (Å²) in [5.41, 5.74) is 1.40. The van der Waals surface area contributed by atoms with Gasteiger partial charge in [-0.05, 0) is 48.1 Å². The molecule has 3 heteroatoms. The van der Waals surface area contributed by atoms with E-state index in [4.69, 9.17) is 0 Å². The third kappa shape index (κ3) is 2.58. The topological polar surface area (TPSA) is 32.3 Å². The Morgan fingerprint density at radius 3 is 2.78 bits per heavy atom. The van der Waals surface area contributed by atoms with Crippen LogP contribution in [0.5, 0.6) is 0 Å². The average Bonchev–Trinajstić information content (AvgIpc) is 2.82. The molecule has 0 saturated heterocycles. The number of thiophene rings is 1. The Morgan fingerprint density at radius 2 is 1.94 bits per heavy atom. The molecule has 2 aromatic rings. The summed E-state index contributed by atoms with van der Waals surface area (Å²) < 4.78 is 1.37. The number of aliphatic hydroxyl groups excluding tert-OH is 1. The molecular formula is C15H19NOS. The minimum absolute atomic E-state index is 0.0648. The van der Waals surface area contributed by atoms with Crippen molar-refractivity contribution >= 4 is 21.4 Å². The molecule has 2 N–H and O–H groups in total. The standard InChI is InChI=1S/C15H19NOS/c17-13-7-5-12(6-8-13)16-9-11-10-18-15-4-2-1-3-14(11)15/h1-4,10,12-13,16-17H,5-9H2. The monoisotopic (exact) mass is 261 g/mol. The van der Waals surface area contributed by atoms with Gasteiger partial charge in [-0.3, -0.25) is 0 Å². The van der Waals surface area contributed by atoms with Crippen molar-refractivity contribution in [1.82, 2.24) is 5.32 Å². The minimum atomic E-state index is -0.0648. The van der Waals surface area contributed by atoms with Gasteiger partial charge in [-0.2, -0.15) is 0 Å². The van der Waals surface area contributed by atoms with Gasteiger partial charge < -0.3 is 10.4 Å². The van der Waals surface area contributed by atoms with E-state index in [9.17, 15) is 5.11 Å². The van der Waals surface area contributed by atoms with Gasteiger partial charge >= 0.3 is 0 Å². The lowest BCUT2D eigenvalue weighted by atomic mass is 9.93. The van der Waals surface area contributed by atoms with Crippen molar-refractivity contribution in [3.05, 3.63) is 35.2 Å². The van der Waals surface area contributed by atoms with Gasteiger partial charge in [0, 0.05) is 17.3 Å². The summed E-state index contributed by atoms with van der Waals surface area (Å²) >= 11 is 1.82. The molecule has 0 spiro atoms. The van der Waals surface area contributed by atoms with E-state index in [1.165, 1.54) is 15.6 Å². The zero-order valence-electron chi connectivity index (χ0n) is 10.4. The van der Waals surface area contributed by atoms with E-state index >= 15 is 0 Å². The van der Waals surface area contributed by atoms with Gasteiger partial charge in [-0.25, -0.2) is 0 Å². The molecule has 96 valence electrons. The Morgan fingerprint density at radius 1 is 1.17 bits per heavy atom. The second-order valence-electron chi connectivity index (χ2n) is 5.14. The van der Waals surface area contributed by atoms with E-state index < -0.39 is 0 Å². The van der Waals surface area contributed by atoms with Crippen LogP contribution in [0.15, 0.2) is 29.6 Å². The predicted octanol–water partition coefficient (Wildman–Crippen LogP) is 3.29. The number of aliphatic hydroxyl groups is 1. The molecule has 1 heterocycles. The molecular weight excluding hydrogens is 242 g/mol. The summed E-state index contributed by atoms with van der Waals surface area (Å²) in [6, 6.07) is 9.16. The Hall–Kier alpha value is -0.900. The molecule has 0 bridgehead atoms. The first-order valence-electron chi connectivity index (χ1n) is 6.69. The maximum Gasteiger partial charge on any atom is 0.0541 e. The third-order valence-electron chi connectivity index (χ3n) is 3.84. The molecule has 0 atom stereocenters. The maximum absolute atomic E-state index is 9.49. The third-order valence-corrected chi connectivity index (χ3v) is 4.85. The van der Waals surface area contributed by atoms with E-state index in [2.05, 4.69) is 35.0 Å². The number of hydrogen-bond acceptors (Lipinski definition) is 3. The van der Waals surface area contributed by atoms with Crippen LogP contribution in [-0.2, 0) is 6.54 Å². The lowest BCUT2D eigenvalue weighted by Gasteiger charge is -2.26. The van der Waals surface area contributed by atoms with Gasteiger partial charge in [0.15, 0.2) is 0 Å². The van der Waals surface area contributed by atoms with Crippen LogP contribution in [-0.4, -0.2) is 17.3 Å². The van der Waals surface area contributed by atoms with Crippen LogP contribution >= 0.6 is 11.3 Å². The Labute approximate surface area is 112 Å². The highest BCUT2D eigenvalue weighted by atomic mass is 32.1. The Bertz CT molecular complexity index is 514. The zero-order valence-corrected chi connectivity index (χ0v) is 11.2. The van der Waals surface area contributed by atoms with Crippen LogP contribution in [0.25, 0.3) is 10.1 Å². The molecule has 18 heavy (non-hydrogen) atoms. The summed E-state index contributed by atoms with van der Waals surface area (Å²) in [4.78, 5) is 0. The largest absolute Gasteiger partial charge is 0.393 e. The fourth-order valence-corrected chi connectivity index (χ4v) is 3.67. The summed E-state index contributed by atoms with van der Waals surface area (Å²) in [6.45, 7) is 0.949. The Kier molecular flexibility index (Phi) is 3.64. The number of benzene rings is 1. The normalized spacial score (nSPS) is 24.5. The number of fused-ring (bicyclic) bond motifs is 1. The summed E-state index contributed by atoms with van der Waals surface area (Å²) in [5.74, 6) is 0. The van der Waals surface area contributed by atoms with Gasteiger partial charge in [0.25, 0.3) is 0 Å². The SMILES string of the molecule is OC1CCC(NCc2csc3ccccc23)CC1. The van der Waals surface area contributed by atoms with Crippen molar-refractivity contribution in [2.45, 2.75) is 44.4 Å². The molecule has 0 amide bonds. The van der Waals surface area contributed by atoms with Crippen molar-refractivity contribution in [2.75, 3.05) is 0 Å². The molecule has 0 unspecified atom stereocenters. The molecule has 0 aliphatic heterocycles. The second kappa shape index (κ2) is 5.39. The molecule has 0 radical (unpaired) electrons. The highest BCUT2D eigenvalue weighted by molar-refractivity contribution is 7.17. The van der Waals surface area contributed by atoms with Crippen LogP contribution in [0.2, 0.25) is 0 Å². The van der Waals surface area contributed by atoms with E-state index in [0.29, 0.717) is 6.04 Å². The van der Waals surface area contributed by atoms with Crippen LogP contribution < -0.4 is 5.32 Å². The van der Waals surface area contributed by atoms with Crippen molar-refractivity contribution in [2.24, 2.45) is 0 Å². The van der Waals surface area contributed by atoms with Crippen LogP contribution in [0.1, 0.15) is 31.2 Å². The summed E-state index contributed by atoms with van der Waals surface area (Å²) in [6.07, 6.45) is 4.03. The van der Waals surface area contributed by atoms with Gasteiger partial charge in [0.05, 0.1) is 6.10 Å². The smallest absolute Gasteiger partial charge is 0.0541 e. The number of rotatable bonds is 3. The van der Waals surface area contributed by atoms with Crippen LogP contribution in [0.4, 0.5) is 0 Å². The van der Waals surface area contributed by atoms with Crippen LogP contribution in [0, 0.1) is 0 Å². The van der Waals surface area contributed by atoms with Crippen molar-refractivity contribution in [1.29, 1.82) is 0 Å². The number of nitrogens with one attached hydrogen (secondary N) is 1. The van der Waals surface area contributed by atoms with E-state index in [1.54, 1.807) is 0 Å². The molecule has 1 aliphatic rings. The number of hydrogen-bond donors (Lipinski definition) is 2. The van der Waals surface area contributed by atoms with E-state index in [0.717, 1.165) is 32.2 Å². The highest BCUT2D eigenvalue weighted by Gasteiger charge is 2.18. The molecule has 1 fully saturated rings. The van der Waals surface area contributed by atoms with Gasteiger partial charge in [-0.1, -0.05) is 18.2 Å². The quantitative estimate of drug-likeness (QED) is 0.888. The average molecular weight is 261 g/mol. The fraction of sp³-hybridized carbons (Fsp3) is 0.467. The second-order valence-corrected chi connectivity index (χ2v) is 6.05. The molecule has 1 aliphatic carbocycles. The summed E-state index contributed by atoms with van der Waals surface area (Å²) in [5, 5.41) is 16.8.